The number of carbonyl (C=O) groups excluding carboxylic acids is 2. The lowest BCUT2D eigenvalue weighted by Crippen LogP contribution is -2.24. The Morgan fingerprint density at radius 2 is 1.62 bits per heavy atom. The van der Waals surface area contributed by atoms with E-state index in [-0.39, 0.29) is 5.69 Å². The number of carbonyl (C=O) groups is 2. The number of nitrogens with zero attached hydrogens (tertiary/aromatic N) is 3. The number of para-hydroxylation sites is 1. The van der Waals surface area contributed by atoms with Crippen molar-refractivity contribution in [2.24, 2.45) is 0 Å². The van der Waals surface area contributed by atoms with Crippen LogP contribution < -0.4 is 20.3 Å². The Morgan fingerprint density at radius 3 is 2.36 bits per heavy atom. The van der Waals surface area contributed by atoms with Crippen molar-refractivity contribution >= 4 is 40.1 Å². The van der Waals surface area contributed by atoms with Gasteiger partial charge in [-0.3, -0.25) is 9.59 Å². The summed E-state index contributed by atoms with van der Waals surface area (Å²) in [5.74, 6) is 0.0998. The summed E-state index contributed by atoms with van der Waals surface area (Å²) < 4.78 is 7.12. The minimum Gasteiger partial charge on any atom is -0.495 e. The maximum Gasteiger partial charge on any atom is 0.298 e. The molecule has 236 valence electrons. The monoisotopic (exact) mass is 623 g/mol. The van der Waals surface area contributed by atoms with Crippen molar-refractivity contribution in [1.29, 1.82) is 0 Å². The number of aryl methyl sites for hydroxylation is 2. The van der Waals surface area contributed by atoms with E-state index in [1.165, 1.54) is 11.1 Å². The number of ether oxygens (including phenoxy) is 1. The van der Waals surface area contributed by atoms with Gasteiger partial charge in [-0.15, -0.1) is 0 Å². The number of methoxy groups -OCH3 is 1. The molecule has 0 atom stereocenters. The third kappa shape index (κ3) is 6.87. The van der Waals surface area contributed by atoms with Crippen LogP contribution in [0.4, 0.5) is 22.9 Å². The van der Waals surface area contributed by atoms with Crippen LogP contribution in [0.25, 0.3) is 16.6 Å². The highest BCUT2D eigenvalue weighted by Gasteiger charge is 2.25. The molecule has 0 spiro atoms. The van der Waals surface area contributed by atoms with Gasteiger partial charge in [0.15, 0.2) is 0 Å². The van der Waals surface area contributed by atoms with E-state index in [0.717, 1.165) is 46.9 Å². The fourth-order valence-corrected chi connectivity index (χ4v) is 5.85. The second-order valence-corrected chi connectivity index (χ2v) is 11.5. The number of benzene rings is 3. The molecule has 2 N–H and O–H groups in total. The molecule has 0 radical (unpaired) electrons. The van der Waals surface area contributed by atoms with E-state index in [2.05, 4.69) is 51.7 Å². The summed E-state index contributed by atoms with van der Waals surface area (Å²) in [6.45, 7) is 4.82. The first-order chi connectivity index (χ1) is 22.8. The number of pyridine rings is 2. The predicted molar refractivity (Wildman–Crippen MR) is 189 cm³/mol. The summed E-state index contributed by atoms with van der Waals surface area (Å²) >= 11 is 0. The van der Waals surface area contributed by atoms with E-state index in [1.54, 1.807) is 17.7 Å². The zero-order valence-electron chi connectivity index (χ0n) is 27.0. The first kappa shape index (κ1) is 31.1. The third-order valence-corrected chi connectivity index (χ3v) is 8.15. The molecule has 8 heteroatoms. The molecule has 3 aromatic carbocycles. The second kappa shape index (κ2) is 13.6. The van der Waals surface area contributed by atoms with Crippen molar-refractivity contribution in [1.82, 2.24) is 9.38 Å². The molecule has 6 aromatic rings. The van der Waals surface area contributed by atoms with Gasteiger partial charge in [-0.2, -0.15) is 0 Å². The van der Waals surface area contributed by atoms with Crippen LogP contribution in [0.3, 0.4) is 0 Å². The van der Waals surface area contributed by atoms with Crippen LogP contribution in [0.2, 0.25) is 0 Å². The third-order valence-electron chi connectivity index (χ3n) is 8.15. The number of rotatable bonds is 11. The molecular weight excluding hydrogens is 586 g/mol. The maximum atomic E-state index is 13.7. The lowest BCUT2D eigenvalue weighted by Gasteiger charge is -2.23. The normalized spacial score (nSPS) is 10.9. The van der Waals surface area contributed by atoms with Crippen molar-refractivity contribution in [3.05, 3.63) is 138 Å². The van der Waals surface area contributed by atoms with Gasteiger partial charge in [-0.1, -0.05) is 48.5 Å². The van der Waals surface area contributed by atoms with Crippen LogP contribution >= 0.6 is 0 Å². The number of amides is 1. The van der Waals surface area contributed by atoms with Gasteiger partial charge in [0.05, 0.1) is 13.3 Å². The molecule has 0 bridgehead atoms. The second-order valence-electron chi connectivity index (χ2n) is 11.5. The van der Waals surface area contributed by atoms with Crippen molar-refractivity contribution in [2.75, 3.05) is 36.2 Å². The highest BCUT2D eigenvalue weighted by molar-refractivity contribution is 6.47. The minimum absolute atomic E-state index is 0.276. The molecule has 0 aliphatic rings. The van der Waals surface area contributed by atoms with Crippen LogP contribution in [0.15, 0.2) is 115 Å². The standard InChI is InChI=1S/C39H37N5O3/c1-26-22-27(2)41-36(23-26)40-21-20-29-12-8-9-13-35(29)43(3)31-16-14-30(15-17-31)42-39(46)38(45)37-34(28-10-6-5-7-11-28)24-32-18-19-33(47-4)25-44(32)37/h5-19,22-25H,20-21H2,1-4H3,(H,40,41)(H,42,46). The molecule has 0 aliphatic heterocycles. The minimum atomic E-state index is -0.720. The van der Waals surface area contributed by atoms with Crippen LogP contribution in [0.5, 0.6) is 5.75 Å². The van der Waals surface area contributed by atoms with Crippen molar-refractivity contribution in [3.63, 3.8) is 0 Å². The van der Waals surface area contributed by atoms with E-state index in [1.807, 2.05) is 98.9 Å². The number of aromatic nitrogens is 2. The molecule has 0 saturated heterocycles. The first-order valence-corrected chi connectivity index (χ1v) is 15.5. The Kier molecular flexibility index (Phi) is 9.02. The zero-order valence-corrected chi connectivity index (χ0v) is 27.0. The van der Waals surface area contributed by atoms with E-state index in [9.17, 15) is 9.59 Å². The van der Waals surface area contributed by atoms with Gasteiger partial charge in [0.1, 0.15) is 17.3 Å². The average Bonchev–Trinajstić information content (AvgIpc) is 3.47. The summed E-state index contributed by atoms with van der Waals surface area (Å²) in [5, 5.41) is 6.25. The molecule has 0 unspecified atom stereocenters. The van der Waals surface area contributed by atoms with Crippen LogP contribution in [-0.2, 0) is 11.2 Å². The summed E-state index contributed by atoms with van der Waals surface area (Å²) in [6.07, 6.45) is 2.54. The molecule has 3 heterocycles. The Bertz CT molecular complexity index is 2030. The van der Waals surface area contributed by atoms with Crippen LogP contribution in [0.1, 0.15) is 27.3 Å². The Labute approximate surface area is 274 Å². The summed E-state index contributed by atoms with van der Waals surface area (Å²) in [6, 6.07) is 35.1. The molecule has 47 heavy (non-hydrogen) atoms. The van der Waals surface area contributed by atoms with Gasteiger partial charge in [-0.05, 0) is 97.6 Å². The Balaban J connectivity index is 1.17. The smallest absolute Gasteiger partial charge is 0.298 e. The number of anilines is 4. The van der Waals surface area contributed by atoms with Gasteiger partial charge >= 0.3 is 0 Å². The van der Waals surface area contributed by atoms with Crippen LogP contribution in [-0.4, -0.2) is 41.8 Å². The van der Waals surface area contributed by atoms with Gasteiger partial charge in [-0.25, -0.2) is 4.98 Å². The predicted octanol–water partition coefficient (Wildman–Crippen LogP) is 7.87. The summed E-state index contributed by atoms with van der Waals surface area (Å²) in [4.78, 5) is 33.8. The fraction of sp³-hybridized carbons (Fsp3) is 0.154. The molecule has 0 fully saturated rings. The molecule has 0 saturated carbocycles. The number of ketones is 1. The van der Waals surface area contributed by atoms with E-state index >= 15 is 0 Å². The average molecular weight is 624 g/mol. The van der Waals surface area contributed by atoms with Crippen molar-refractivity contribution in [3.8, 4) is 16.9 Å². The molecule has 0 aliphatic carbocycles. The van der Waals surface area contributed by atoms with Crippen molar-refractivity contribution < 1.29 is 14.3 Å². The van der Waals surface area contributed by atoms with Gasteiger partial charge in [0.25, 0.3) is 11.7 Å². The highest BCUT2D eigenvalue weighted by atomic mass is 16.5. The van der Waals surface area contributed by atoms with E-state index in [0.29, 0.717) is 17.0 Å². The SMILES string of the molecule is COc1ccc2cc(-c3ccccc3)c(C(=O)C(=O)Nc3ccc(N(C)c4ccccc4CCNc4cc(C)cc(C)n4)cc3)n2c1. The van der Waals surface area contributed by atoms with Gasteiger partial charge in [0.2, 0.25) is 0 Å². The number of Topliss-reactive ketones (excluding diaryl/α,β-unsaturated/α-hetero) is 1. The molecular formula is C39H37N5O3. The first-order valence-electron chi connectivity index (χ1n) is 15.5. The largest absolute Gasteiger partial charge is 0.495 e. The zero-order chi connectivity index (χ0) is 32.9. The molecule has 1 amide bonds. The highest BCUT2D eigenvalue weighted by Crippen LogP contribution is 2.31. The number of fused-ring (bicyclic) bond motifs is 1. The number of nitrogens with one attached hydrogen (secondary N) is 2. The van der Waals surface area contributed by atoms with Crippen molar-refractivity contribution in [2.45, 2.75) is 20.3 Å². The maximum absolute atomic E-state index is 13.7. The fourth-order valence-electron chi connectivity index (χ4n) is 5.85. The topological polar surface area (TPSA) is 88.0 Å². The molecule has 8 nitrogen and oxygen atoms in total. The van der Waals surface area contributed by atoms with E-state index in [4.69, 9.17) is 4.74 Å². The molecule has 3 aromatic heterocycles. The number of hydrogen-bond donors (Lipinski definition) is 2. The lowest BCUT2D eigenvalue weighted by molar-refractivity contribution is -0.112. The Morgan fingerprint density at radius 1 is 0.872 bits per heavy atom. The lowest BCUT2D eigenvalue weighted by atomic mass is 10.0. The quantitative estimate of drug-likeness (QED) is 0.113. The number of hydrogen-bond acceptors (Lipinski definition) is 6. The van der Waals surface area contributed by atoms with Crippen LogP contribution in [0, 0.1) is 13.8 Å². The van der Waals surface area contributed by atoms with Gasteiger partial charge in [0, 0.05) is 47.4 Å². The Hall–Kier alpha value is -5.89. The molecule has 6 rings (SSSR count). The summed E-state index contributed by atoms with van der Waals surface area (Å²) in [7, 11) is 3.59. The van der Waals surface area contributed by atoms with Gasteiger partial charge < -0.3 is 24.7 Å². The van der Waals surface area contributed by atoms with E-state index < -0.39 is 11.7 Å². The summed E-state index contributed by atoms with van der Waals surface area (Å²) in [5.41, 5.74) is 8.50.